The number of hydrogen-bond donors (Lipinski definition) is 2. The molecule has 4 aromatic heterocycles. The predicted molar refractivity (Wildman–Crippen MR) is 210 cm³/mol. The normalized spacial score (nSPS) is 20.3. The van der Waals surface area contributed by atoms with Gasteiger partial charge in [0.15, 0.2) is 0 Å². The molecule has 3 fully saturated rings. The van der Waals surface area contributed by atoms with Gasteiger partial charge in [0.2, 0.25) is 5.95 Å². The quantitative estimate of drug-likeness (QED) is 0.140. The van der Waals surface area contributed by atoms with Crippen LogP contribution < -0.4 is 20.3 Å². The van der Waals surface area contributed by atoms with E-state index in [0.717, 1.165) is 106 Å². The maximum atomic E-state index is 13.1. The standard InChI is InChI=1S/C21H26F3N5O2.C20H25F3N4O/c1-30-13-16-3-2-8-29(16)20-26-17(14-5-9-31-10-6-14)12-19(28-20)27-18-11-15(4-7-25-18)21(22,23)24;1-12(2)28-19-25-16(14-6-4-13(3)5-7-14)11-18(27-19)26-17-10-15(8-9-24-17)20(21,22)23/h4,7,11-12,14,16H,2-3,5-6,8-10,13H2,1H3,(H,25,26,27,28);8-14H,4-7H2,1-3H3,(H,24,25,26,27)/t16-;/m1./s1. The molecular weight excluding hydrogens is 780 g/mol. The first kappa shape index (κ1) is 43.7. The van der Waals surface area contributed by atoms with Crippen LogP contribution in [0.1, 0.15) is 106 Å². The number of rotatable bonds is 11. The highest BCUT2D eigenvalue weighted by molar-refractivity contribution is 5.56. The van der Waals surface area contributed by atoms with E-state index in [1.165, 1.54) is 0 Å². The van der Waals surface area contributed by atoms with E-state index in [4.69, 9.17) is 19.2 Å². The Labute approximate surface area is 339 Å². The van der Waals surface area contributed by atoms with Gasteiger partial charge in [-0.15, -0.1) is 0 Å². The van der Waals surface area contributed by atoms with Crippen molar-refractivity contribution in [2.75, 3.05) is 49.0 Å². The first-order valence-corrected chi connectivity index (χ1v) is 20.0. The van der Waals surface area contributed by atoms with E-state index < -0.39 is 23.5 Å². The Balaban J connectivity index is 0.000000199. The zero-order chi connectivity index (χ0) is 42.2. The van der Waals surface area contributed by atoms with E-state index in [1.807, 2.05) is 19.9 Å². The molecule has 0 amide bonds. The Bertz CT molecular complexity index is 1970. The highest BCUT2D eigenvalue weighted by Crippen LogP contribution is 2.37. The molecule has 0 radical (unpaired) electrons. The summed E-state index contributed by atoms with van der Waals surface area (Å²) in [5.74, 6) is 2.76. The van der Waals surface area contributed by atoms with Gasteiger partial charge < -0.3 is 29.7 Å². The minimum Gasteiger partial charge on any atom is -0.461 e. The number of ether oxygens (including phenoxy) is 3. The molecule has 0 unspecified atom stereocenters. The second kappa shape index (κ2) is 19.5. The number of nitrogens with one attached hydrogen (secondary N) is 2. The fourth-order valence-electron chi connectivity index (χ4n) is 7.46. The smallest absolute Gasteiger partial charge is 0.416 e. The van der Waals surface area contributed by atoms with Crippen LogP contribution in [0.3, 0.4) is 0 Å². The zero-order valence-corrected chi connectivity index (χ0v) is 33.6. The topological polar surface area (TPSA) is 132 Å². The van der Waals surface area contributed by atoms with E-state index in [-0.39, 0.29) is 35.7 Å². The molecular formula is C41H51F6N9O3. The van der Waals surface area contributed by atoms with E-state index in [9.17, 15) is 26.3 Å². The second-order valence-corrected chi connectivity index (χ2v) is 15.5. The summed E-state index contributed by atoms with van der Waals surface area (Å²) in [6.45, 7) is 8.71. The molecule has 2 aliphatic heterocycles. The molecule has 4 aromatic rings. The number of nitrogens with zero attached hydrogens (tertiary/aromatic N) is 7. The van der Waals surface area contributed by atoms with E-state index in [1.54, 1.807) is 13.2 Å². The van der Waals surface area contributed by atoms with Gasteiger partial charge in [-0.1, -0.05) is 19.8 Å². The molecule has 2 N–H and O–H groups in total. The highest BCUT2D eigenvalue weighted by atomic mass is 19.4. The van der Waals surface area contributed by atoms with Crippen molar-refractivity contribution in [2.24, 2.45) is 5.92 Å². The average Bonchev–Trinajstić information content (AvgIpc) is 3.66. The Morgan fingerprint density at radius 1 is 0.729 bits per heavy atom. The van der Waals surface area contributed by atoms with Crippen LogP contribution in [0.5, 0.6) is 6.01 Å². The molecule has 3 aliphatic rings. The van der Waals surface area contributed by atoms with E-state index in [2.05, 4.69) is 47.4 Å². The van der Waals surface area contributed by atoms with Crippen molar-refractivity contribution in [3.8, 4) is 6.01 Å². The van der Waals surface area contributed by atoms with Gasteiger partial charge >= 0.3 is 18.4 Å². The third-order valence-electron chi connectivity index (χ3n) is 10.6. The first-order chi connectivity index (χ1) is 28.1. The summed E-state index contributed by atoms with van der Waals surface area (Å²) in [4.78, 5) is 28.4. The Hall–Kier alpha value is -4.84. The van der Waals surface area contributed by atoms with Crippen molar-refractivity contribution in [2.45, 2.75) is 108 Å². The van der Waals surface area contributed by atoms with Gasteiger partial charge in [0, 0.05) is 63.2 Å². The van der Waals surface area contributed by atoms with Crippen LogP contribution in [0.25, 0.3) is 0 Å². The average molecular weight is 832 g/mol. The Morgan fingerprint density at radius 3 is 1.85 bits per heavy atom. The largest absolute Gasteiger partial charge is 0.461 e. The molecule has 1 aliphatic carbocycles. The van der Waals surface area contributed by atoms with Crippen LogP contribution in [-0.2, 0) is 21.8 Å². The lowest BCUT2D eigenvalue weighted by atomic mass is 9.81. The van der Waals surface area contributed by atoms with Crippen LogP contribution in [0, 0.1) is 5.92 Å². The molecule has 1 saturated carbocycles. The number of aromatic nitrogens is 6. The summed E-state index contributed by atoms with van der Waals surface area (Å²) in [6, 6.07) is 7.83. The van der Waals surface area contributed by atoms with Crippen LogP contribution in [-0.4, -0.2) is 75.5 Å². The van der Waals surface area contributed by atoms with E-state index >= 15 is 0 Å². The Kier molecular flexibility index (Phi) is 14.4. The van der Waals surface area contributed by atoms with Crippen molar-refractivity contribution in [1.29, 1.82) is 0 Å². The number of alkyl halides is 6. The summed E-state index contributed by atoms with van der Waals surface area (Å²) in [6.07, 6.45) is 1.30. The Morgan fingerprint density at radius 2 is 1.29 bits per heavy atom. The monoisotopic (exact) mass is 831 g/mol. The van der Waals surface area contributed by atoms with E-state index in [0.29, 0.717) is 49.2 Å². The fraction of sp³-hybridized carbons (Fsp3) is 0.561. The number of halogens is 6. The van der Waals surface area contributed by atoms with Gasteiger partial charge in [-0.3, -0.25) is 0 Å². The van der Waals surface area contributed by atoms with Crippen LogP contribution in [0.15, 0.2) is 48.8 Å². The summed E-state index contributed by atoms with van der Waals surface area (Å²) >= 11 is 0. The molecule has 6 heterocycles. The van der Waals surface area contributed by atoms with Gasteiger partial charge in [0.1, 0.15) is 23.3 Å². The van der Waals surface area contributed by atoms with Gasteiger partial charge in [0.05, 0.1) is 41.3 Å². The minimum absolute atomic E-state index is 0.0761. The van der Waals surface area contributed by atoms with Gasteiger partial charge in [-0.05, 0) is 82.6 Å². The molecule has 1 atom stereocenters. The van der Waals surface area contributed by atoms with Crippen LogP contribution in [0.4, 0.5) is 55.6 Å². The summed E-state index contributed by atoms with van der Waals surface area (Å²) < 4.78 is 94.6. The zero-order valence-electron chi connectivity index (χ0n) is 33.6. The maximum Gasteiger partial charge on any atom is 0.416 e. The first-order valence-electron chi connectivity index (χ1n) is 20.0. The molecule has 320 valence electrons. The van der Waals surface area contributed by atoms with Crippen molar-refractivity contribution < 1.29 is 40.6 Å². The fourth-order valence-corrected chi connectivity index (χ4v) is 7.46. The maximum absolute atomic E-state index is 13.1. The number of methoxy groups -OCH3 is 1. The summed E-state index contributed by atoms with van der Waals surface area (Å²) in [5, 5.41) is 5.83. The highest BCUT2D eigenvalue weighted by Gasteiger charge is 2.33. The number of pyridine rings is 2. The van der Waals surface area contributed by atoms with Gasteiger partial charge in [-0.25, -0.2) is 15.0 Å². The molecule has 7 rings (SSSR count). The lowest BCUT2D eigenvalue weighted by Crippen LogP contribution is -2.34. The van der Waals surface area contributed by atoms with Crippen molar-refractivity contribution in [3.05, 3.63) is 71.3 Å². The van der Waals surface area contributed by atoms with Gasteiger partial charge in [-0.2, -0.15) is 41.3 Å². The lowest BCUT2D eigenvalue weighted by Gasteiger charge is -2.27. The van der Waals surface area contributed by atoms with Crippen molar-refractivity contribution >= 4 is 29.2 Å². The van der Waals surface area contributed by atoms with Crippen molar-refractivity contribution in [1.82, 2.24) is 29.9 Å². The molecule has 18 heteroatoms. The van der Waals surface area contributed by atoms with Crippen molar-refractivity contribution in [3.63, 3.8) is 0 Å². The molecule has 0 spiro atoms. The number of hydrogen-bond acceptors (Lipinski definition) is 12. The molecule has 0 bridgehead atoms. The molecule has 0 aromatic carbocycles. The summed E-state index contributed by atoms with van der Waals surface area (Å²) in [7, 11) is 1.67. The molecule has 2 saturated heterocycles. The third kappa shape index (κ3) is 12.3. The molecule has 12 nitrogen and oxygen atoms in total. The lowest BCUT2D eigenvalue weighted by molar-refractivity contribution is -0.138. The number of anilines is 5. The SMILES string of the molecule is CC1CCC(c2cc(Nc3cc(C(F)(F)F)ccn3)nc(OC(C)C)n2)CC1.COC[C@H]1CCCN1c1nc(Nc2cc(C(F)(F)F)ccn2)cc(C2CCOCC2)n1. The van der Waals surface area contributed by atoms with Gasteiger partial charge in [0.25, 0.3) is 0 Å². The molecule has 59 heavy (non-hydrogen) atoms. The van der Waals surface area contributed by atoms with Crippen LogP contribution >= 0.6 is 0 Å². The second-order valence-electron chi connectivity index (χ2n) is 15.5. The summed E-state index contributed by atoms with van der Waals surface area (Å²) in [5.41, 5.74) is 0.195. The van der Waals surface area contributed by atoms with Crippen LogP contribution in [0.2, 0.25) is 0 Å². The predicted octanol–water partition coefficient (Wildman–Crippen LogP) is 9.86. The minimum atomic E-state index is -4.44. The third-order valence-corrected chi connectivity index (χ3v) is 10.6.